The first kappa shape index (κ1) is 17.4. The first-order valence-electron chi connectivity index (χ1n) is 8.56. The minimum absolute atomic E-state index is 0.268. The third-order valence-corrected chi connectivity index (χ3v) is 5.77. The van der Waals surface area contributed by atoms with Crippen LogP contribution in [0.3, 0.4) is 0 Å². The summed E-state index contributed by atoms with van der Waals surface area (Å²) in [6, 6.07) is 19.5. The summed E-state index contributed by atoms with van der Waals surface area (Å²) >= 11 is 0. The molecule has 0 radical (unpaired) electrons. The summed E-state index contributed by atoms with van der Waals surface area (Å²) in [5, 5.41) is 3.11. The van der Waals surface area contributed by atoms with Gasteiger partial charge in [0.2, 0.25) is 0 Å². The molecule has 3 aromatic carbocycles. The number of sulfone groups is 1. The molecule has 136 valence electrons. The smallest absolute Gasteiger partial charge is 0.175 e. The number of fused-ring (bicyclic) bond motifs is 2. The van der Waals surface area contributed by atoms with Gasteiger partial charge in [-0.2, -0.15) is 0 Å². The topological polar surface area (TPSA) is 63.2 Å². The van der Waals surface area contributed by atoms with Gasteiger partial charge in [0.05, 0.1) is 10.4 Å². The van der Waals surface area contributed by atoms with Crippen molar-refractivity contribution in [1.82, 2.24) is 9.97 Å². The molecule has 0 bridgehead atoms. The van der Waals surface area contributed by atoms with Crippen molar-refractivity contribution in [3.05, 3.63) is 72.6 Å². The lowest BCUT2D eigenvalue weighted by molar-refractivity contribution is 0.602. The molecule has 1 aromatic heterocycles. The van der Waals surface area contributed by atoms with Crippen molar-refractivity contribution in [3.8, 4) is 0 Å². The van der Waals surface area contributed by atoms with E-state index in [2.05, 4.69) is 34.2 Å². The molecule has 0 fully saturated rings. The minimum atomic E-state index is -3.30. The first-order chi connectivity index (χ1) is 12.9. The fourth-order valence-corrected chi connectivity index (χ4v) is 3.96. The molecule has 0 aliphatic rings. The van der Waals surface area contributed by atoms with E-state index in [0.29, 0.717) is 12.4 Å². The minimum Gasteiger partial charge on any atom is -0.355 e. The van der Waals surface area contributed by atoms with E-state index < -0.39 is 9.84 Å². The van der Waals surface area contributed by atoms with E-state index in [-0.39, 0.29) is 4.90 Å². The molecule has 0 atom stereocenters. The number of rotatable bonds is 4. The van der Waals surface area contributed by atoms with Crippen LogP contribution >= 0.6 is 0 Å². The third-order valence-electron chi connectivity index (χ3n) is 4.66. The number of benzene rings is 3. The Hall–Kier alpha value is -2.99. The Kier molecular flexibility index (Phi) is 4.28. The van der Waals surface area contributed by atoms with Crippen LogP contribution in [-0.2, 0) is 16.4 Å². The van der Waals surface area contributed by atoms with Gasteiger partial charge in [-0.15, -0.1) is 0 Å². The number of aromatic nitrogens is 2. The highest BCUT2D eigenvalue weighted by molar-refractivity contribution is 7.90. The molecule has 4 aromatic rings. The van der Waals surface area contributed by atoms with Crippen LogP contribution in [0.2, 0.25) is 0 Å². The molecule has 0 spiro atoms. The first-order valence-corrected chi connectivity index (χ1v) is 10.5. The molecule has 4 rings (SSSR count). The van der Waals surface area contributed by atoms with Gasteiger partial charge in [0.1, 0.15) is 12.1 Å². The molecule has 0 unspecified atom stereocenters. The summed E-state index contributed by atoms with van der Waals surface area (Å²) in [6.07, 6.45) is 2.72. The van der Waals surface area contributed by atoms with Crippen LogP contribution in [0, 0.1) is 0 Å². The fraction of sp³-hybridized carbons (Fsp3) is 0.143. The Morgan fingerprint density at radius 2 is 1.70 bits per heavy atom. The molecule has 0 N–H and O–H groups in total. The van der Waals surface area contributed by atoms with Crippen molar-refractivity contribution in [2.24, 2.45) is 0 Å². The summed E-state index contributed by atoms with van der Waals surface area (Å²) in [7, 11) is -1.34. The zero-order chi connectivity index (χ0) is 19.0. The number of nitrogens with zero attached hydrogens (tertiary/aromatic N) is 3. The second kappa shape index (κ2) is 6.63. The van der Waals surface area contributed by atoms with Gasteiger partial charge in [-0.05, 0) is 34.5 Å². The Morgan fingerprint density at radius 1 is 0.926 bits per heavy atom. The zero-order valence-corrected chi connectivity index (χ0v) is 15.9. The maximum atomic E-state index is 11.9. The Morgan fingerprint density at radius 3 is 2.52 bits per heavy atom. The Balaban J connectivity index is 1.79. The van der Waals surface area contributed by atoms with Gasteiger partial charge in [0, 0.05) is 25.2 Å². The fourth-order valence-electron chi connectivity index (χ4n) is 3.32. The zero-order valence-electron chi connectivity index (χ0n) is 15.1. The average Bonchev–Trinajstić information content (AvgIpc) is 2.66. The standard InChI is InChI=1S/C21H19N3O2S/c1-24(13-16-8-5-7-15-6-3-4-9-18(15)16)21-19-12-17(27(2,25)26)10-11-20(19)22-14-23-21/h3-12,14H,13H2,1-2H3. The van der Waals surface area contributed by atoms with Gasteiger partial charge in [-0.25, -0.2) is 18.4 Å². The van der Waals surface area contributed by atoms with Gasteiger partial charge < -0.3 is 4.90 Å². The normalized spacial score (nSPS) is 11.8. The summed E-state index contributed by atoms with van der Waals surface area (Å²) in [6.45, 7) is 0.649. The molecule has 1 heterocycles. The monoisotopic (exact) mass is 377 g/mol. The van der Waals surface area contributed by atoms with E-state index in [1.54, 1.807) is 18.2 Å². The molecular formula is C21H19N3O2S. The van der Waals surface area contributed by atoms with E-state index >= 15 is 0 Å². The van der Waals surface area contributed by atoms with Crippen LogP contribution in [0.4, 0.5) is 5.82 Å². The van der Waals surface area contributed by atoms with Crippen molar-refractivity contribution in [2.45, 2.75) is 11.4 Å². The largest absolute Gasteiger partial charge is 0.355 e. The lowest BCUT2D eigenvalue weighted by Crippen LogP contribution is -2.18. The molecule has 0 aliphatic heterocycles. The van der Waals surface area contributed by atoms with Crippen molar-refractivity contribution in [2.75, 3.05) is 18.2 Å². The van der Waals surface area contributed by atoms with Crippen LogP contribution in [0.25, 0.3) is 21.7 Å². The van der Waals surface area contributed by atoms with Gasteiger partial charge in [0.25, 0.3) is 0 Å². The predicted molar refractivity (Wildman–Crippen MR) is 109 cm³/mol. The molecule has 0 saturated carbocycles. The SMILES string of the molecule is CN(Cc1cccc2ccccc12)c1ncnc2ccc(S(C)(=O)=O)cc12. The molecule has 27 heavy (non-hydrogen) atoms. The predicted octanol–water partition coefficient (Wildman–Crippen LogP) is 3.82. The lowest BCUT2D eigenvalue weighted by Gasteiger charge is -2.21. The summed E-state index contributed by atoms with van der Waals surface area (Å²) in [5.41, 5.74) is 1.90. The van der Waals surface area contributed by atoms with Crippen LogP contribution in [0.15, 0.2) is 71.9 Å². The van der Waals surface area contributed by atoms with Gasteiger partial charge >= 0.3 is 0 Å². The number of anilines is 1. The van der Waals surface area contributed by atoms with Gasteiger partial charge in [-0.1, -0.05) is 42.5 Å². The van der Waals surface area contributed by atoms with Crippen LogP contribution in [0.1, 0.15) is 5.56 Å². The maximum absolute atomic E-state index is 11.9. The maximum Gasteiger partial charge on any atom is 0.175 e. The van der Waals surface area contributed by atoms with Crippen LogP contribution in [0.5, 0.6) is 0 Å². The molecule has 5 nitrogen and oxygen atoms in total. The van der Waals surface area contributed by atoms with E-state index in [4.69, 9.17) is 0 Å². The van der Waals surface area contributed by atoms with E-state index in [9.17, 15) is 8.42 Å². The average molecular weight is 377 g/mol. The van der Waals surface area contributed by atoms with Gasteiger partial charge in [-0.3, -0.25) is 0 Å². The van der Waals surface area contributed by atoms with Crippen LogP contribution in [-0.4, -0.2) is 31.7 Å². The van der Waals surface area contributed by atoms with E-state index in [1.165, 1.54) is 28.9 Å². The lowest BCUT2D eigenvalue weighted by atomic mass is 10.0. The second-order valence-corrected chi connectivity index (χ2v) is 8.66. The quantitative estimate of drug-likeness (QED) is 0.541. The molecule has 0 aliphatic carbocycles. The van der Waals surface area contributed by atoms with Gasteiger partial charge in [0.15, 0.2) is 9.84 Å². The third kappa shape index (κ3) is 3.36. The summed E-state index contributed by atoms with van der Waals surface area (Å²) in [5.74, 6) is 0.707. The highest BCUT2D eigenvalue weighted by Crippen LogP contribution is 2.27. The highest BCUT2D eigenvalue weighted by atomic mass is 32.2. The van der Waals surface area contributed by atoms with E-state index in [1.807, 2.05) is 30.1 Å². The molecule has 0 amide bonds. The number of hydrogen-bond acceptors (Lipinski definition) is 5. The van der Waals surface area contributed by atoms with Crippen molar-refractivity contribution >= 4 is 37.3 Å². The highest BCUT2D eigenvalue weighted by Gasteiger charge is 2.14. The van der Waals surface area contributed by atoms with Crippen molar-refractivity contribution in [3.63, 3.8) is 0 Å². The van der Waals surface area contributed by atoms with E-state index in [0.717, 1.165) is 10.9 Å². The van der Waals surface area contributed by atoms with Crippen molar-refractivity contribution < 1.29 is 8.42 Å². The van der Waals surface area contributed by atoms with Crippen molar-refractivity contribution in [1.29, 1.82) is 0 Å². The molecule has 6 heteroatoms. The Labute approximate surface area is 158 Å². The van der Waals surface area contributed by atoms with Crippen LogP contribution < -0.4 is 4.90 Å². The molecule has 0 saturated heterocycles. The summed E-state index contributed by atoms with van der Waals surface area (Å²) in [4.78, 5) is 11.0. The second-order valence-electron chi connectivity index (χ2n) is 6.64. The summed E-state index contributed by atoms with van der Waals surface area (Å²) < 4.78 is 23.9. The molecular weight excluding hydrogens is 358 g/mol. The number of hydrogen-bond donors (Lipinski definition) is 0. The Bertz CT molecular complexity index is 1250.